The monoisotopic (exact) mass is 285 g/mol. The van der Waals surface area contributed by atoms with Crippen molar-refractivity contribution < 1.29 is 14.6 Å². The van der Waals surface area contributed by atoms with Gasteiger partial charge in [-0.1, -0.05) is 43.6 Å². The molecule has 0 spiro atoms. The van der Waals surface area contributed by atoms with Gasteiger partial charge in [-0.25, -0.2) is 4.79 Å². The summed E-state index contributed by atoms with van der Waals surface area (Å²) in [6.07, 6.45) is 1.60. The average Bonchev–Trinajstić information content (AvgIpc) is 2.39. The van der Waals surface area contributed by atoms with E-state index in [1.165, 1.54) is 7.11 Å². The SMILES string of the molecule is CCc1cccc(CC)c1NC(Cl)(COC)C(=O)O. The normalized spacial score (nSPS) is 13.9. The van der Waals surface area contributed by atoms with Gasteiger partial charge in [0, 0.05) is 12.8 Å². The molecule has 1 aromatic rings. The van der Waals surface area contributed by atoms with Crippen molar-refractivity contribution >= 4 is 23.3 Å². The Balaban J connectivity index is 3.18. The van der Waals surface area contributed by atoms with Gasteiger partial charge in [0.05, 0.1) is 6.61 Å². The lowest BCUT2D eigenvalue weighted by Gasteiger charge is -2.27. The van der Waals surface area contributed by atoms with Crippen LogP contribution in [0.2, 0.25) is 0 Å². The van der Waals surface area contributed by atoms with E-state index >= 15 is 0 Å². The van der Waals surface area contributed by atoms with E-state index in [4.69, 9.17) is 16.3 Å². The lowest BCUT2D eigenvalue weighted by Crippen LogP contribution is -2.45. The lowest BCUT2D eigenvalue weighted by atomic mass is 10.0. The number of alkyl halides is 1. The summed E-state index contributed by atoms with van der Waals surface area (Å²) in [5.74, 6) is -1.15. The third kappa shape index (κ3) is 3.61. The minimum Gasteiger partial charge on any atom is -0.479 e. The molecular formula is C14H20ClNO3. The number of para-hydroxylation sites is 1. The van der Waals surface area contributed by atoms with Gasteiger partial charge in [0.25, 0.3) is 0 Å². The van der Waals surface area contributed by atoms with Gasteiger partial charge in [-0.15, -0.1) is 0 Å². The Labute approximate surface area is 118 Å². The molecule has 0 bridgehead atoms. The zero-order valence-corrected chi connectivity index (χ0v) is 12.3. The summed E-state index contributed by atoms with van der Waals surface area (Å²) in [6, 6.07) is 5.90. The van der Waals surface area contributed by atoms with E-state index in [1.54, 1.807) is 0 Å². The zero-order valence-electron chi connectivity index (χ0n) is 11.5. The molecule has 19 heavy (non-hydrogen) atoms. The Morgan fingerprint density at radius 2 is 1.89 bits per heavy atom. The van der Waals surface area contributed by atoms with Crippen molar-refractivity contribution in [2.75, 3.05) is 19.0 Å². The molecule has 0 aliphatic rings. The van der Waals surface area contributed by atoms with Crippen LogP contribution in [0.1, 0.15) is 25.0 Å². The first-order chi connectivity index (χ1) is 8.98. The number of halogens is 1. The molecule has 1 unspecified atom stereocenters. The zero-order chi connectivity index (χ0) is 14.5. The van der Waals surface area contributed by atoms with Crippen molar-refractivity contribution in [1.82, 2.24) is 0 Å². The predicted molar refractivity (Wildman–Crippen MR) is 76.9 cm³/mol. The summed E-state index contributed by atoms with van der Waals surface area (Å²) < 4.78 is 4.91. The molecule has 5 heteroatoms. The van der Waals surface area contributed by atoms with Crippen LogP contribution in [0, 0.1) is 0 Å². The fourth-order valence-electron chi connectivity index (χ4n) is 1.95. The lowest BCUT2D eigenvalue weighted by molar-refractivity contribution is -0.140. The number of benzene rings is 1. The standard InChI is InChI=1S/C14H20ClNO3/c1-4-10-7-6-8-11(5-2)12(10)16-14(15,9-19-3)13(17)18/h6-8,16H,4-5,9H2,1-3H3,(H,17,18). The quantitative estimate of drug-likeness (QED) is 0.597. The van der Waals surface area contributed by atoms with Crippen LogP contribution in [-0.4, -0.2) is 29.8 Å². The van der Waals surface area contributed by atoms with Crippen LogP contribution in [0.15, 0.2) is 18.2 Å². The van der Waals surface area contributed by atoms with Gasteiger partial charge in [-0.05, 0) is 24.0 Å². The van der Waals surface area contributed by atoms with Crippen molar-refractivity contribution in [2.45, 2.75) is 31.7 Å². The summed E-state index contributed by atoms with van der Waals surface area (Å²) >= 11 is 6.13. The van der Waals surface area contributed by atoms with Crippen molar-refractivity contribution in [2.24, 2.45) is 0 Å². The van der Waals surface area contributed by atoms with Crippen LogP contribution in [-0.2, 0) is 22.4 Å². The smallest absolute Gasteiger partial charge is 0.347 e. The van der Waals surface area contributed by atoms with E-state index in [-0.39, 0.29) is 6.61 Å². The minimum atomic E-state index is -1.65. The number of aryl methyl sites for hydroxylation is 2. The van der Waals surface area contributed by atoms with E-state index in [9.17, 15) is 9.90 Å². The Hall–Kier alpha value is -1.26. The number of hydrogen-bond acceptors (Lipinski definition) is 3. The molecule has 0 amide bonds. The highest BCUT2D eigenvalue weighted by molar-refractivity contribution is 6.35. The summed E-state index contributed by atoms with van der Waals surface area (Å²) in [7, 11) is 1.42. The predicted octanol–water partition coefficient (Wildman–Crippen LogP) is 2.89. The van der Waals surface area contributed by atoms with Crippen molar-refractivity contribution in [1.29, 1.82) is 0 Å². The second-order valence-electron chi connectivity index (χ2n) is 4.32. The maximum Gasteiger partial charge on any atom is 0.347 e. The molecule has 0 aromatic heterocycles. The highest BCUT2D eigenvalue weighted by Crippen LogP contribution is 2.28. The number of ether oxygens (including phenoxy) is 1. The van der Waals surface area contributed by atoms with Gasteiger partial charge >= 0.3 is 5.97 Å². The third-order valence-electron chi connectivity index (χ3n) is 3.00. The fourth-order valence-corrected chi connectivity index (χ4v) is 2.16. The molecule has 0 aliphatic carbocycles. The molecule has 1 aromatic carbocycles. The van der Waals surface area contributed by atoms with Gasteiger partial charge in [-0.2, -0.15) is 0 Å². The molecule has 1 atom stereocenters. The van der Waals surface area contributed by atoms with Gasteiger partial charge in [0.2, 0.25) is 5.00 Å². The number of carboxylic acids is 1. The Bertz CT molecular complexity index is 428. The van der Waals surface area contributed by atoms with Crippen LogP contribution in [0.3, 0.4) is 0 Å². The van der Waals surface area contributed by atoms with Gasteiger partial charge < -0.3 is 15.2 Å². The summed E-state index contributed by atoms with van der Waals surface area (Å²) in [6.45, 7) is 3.92. The fraction of sp³-hybridized carbons (Fsp3) is 0.500. The molecule has 2 N–H and O–H groups in total. The number of anilines is 1. The Morgan fingerprint density at radius 1 is 1.37 bits per heavy atom. The van der Waals surface area contributed by atoms with Crippen LogP contribution >= 0.6 is 11.6 Å². The summed E-state index contributed by atoms with van der Waals surface area (Å²) in [4.78, 5) is 9.69. The van der Waals surface area contributed by atoms with Crippen LogP contribution < -0.4 is 5.32 Å². The molecule has 0 saturated heterocycles. The molecule has 0 fully saturated rings. The summed E-state index contributed by atoms with van der Waals surface area (Å²) in [5.41, 5.74) is 2.88. The van der Waals surface area contributed by atoms with Gasteiger partial charge in [0.1, 0.15) is 0 Å². The maximum absolute atomic E-state index is 11.3. The van der Waals surface area contributed by atoms with Crippen molar-refractivity contribution in [3.8, 4) is 0 Å². The third-order valence-corrected chi connectivity index (χ3v) is 3.37. The molecular weight excluding hydrogens is 266 g/mol. The summed E-state index contributed by atoms with van der Waals surface area (Å²) in [5, 5.41) is 12.2. The average molecular weight is 286 g/mol. The topological polar surface area (TPSA) is 58.6 Å². The number of carbonyl (C=O) groups is 1. The Morgan fingerprint density at radius 3 is 2.26 bits per heavy atom. The van der Waals surface area contributed by atoms with E-state index in [1.807, 2.05) is 32.0 Å². The number of methoxy groups -OCH3 is 1. The van der Waals surface area contributed by atoms with E-state index < -0.39 is 11.0 Å². The Kier molecular flexibility index (Phi) is 5.63. The number of rotatable bonds is 7. The van der Waals surface area contributed by atoms with Crippen molar-refractivity contribution in [3.05, 3.63) is 29.3 Å². The first kappa shape index (κ1) is 15.8. The molecule has 1 rings (SSSR count). The maximum atomic E-state index is 11.3. The van der Waals surface area contributed by atoms with Crippen LogP contribution in [0.25, 0.3) is 0 Å². The highest BCUT2D eigenvalue weighted by atomic mass is 35.5. The highest BCUT2D eigenvalue weighted by Gasteiger charge is 2.37. The molecule has 4 nitrogen and oxygen atoms in total. The second-order valence-corrected chi connectivity index (χ2v) is 4.97. The molecule has 106 valence electrons. The van der Waals surface area contributed by atoms with E-state index in [0.29, 0.717) is 0 Å². The van der Waals surface area contributed by atoms with E-state index in [2.05, 4.69) is 5.32 Å². The number of hydrogen-bond donors (Lipinski definition) is 2. The number of nitrogens with one attached hydrogen (secondary N) is 1. The minimum absolute atomic E-state index is 0.120. The molecule has 0 saturated carbocycles. The van der Waals surface area contributed by atoms with Gasteiger partial charge in [0.15, 0.2) is 0 Å². The van der Waals surface area contributed by atoms with Crippen LogP contribution in [0.5, 0.6) is 0 Å². The largest absolute Gasteiger partial charge is 0.479 e. The number of aliphatic carboxylic acids is 1. The molecule has 0 heterocycles. The molecule has 0 radical (unpaired) electrons. The molecule has 0 aliphatic heterocycles. The van der Waals surface area contributed by atoms with Crippen molar-refractivity contribution in [3.63, 3.8) is 0 Å². The van der Waals surface area contributed by atoms with Crippen LogP contribution in [0.4, 0.5) is 5.69 Å². The second kappa shape index (κ2) is 6.78. The first-order valence-electron chi connectivity index (χ1n) is 6.28. The number of carboxylic acid groups (broad SMARTS) is 1. The first-order valence-corrected chi connectivity index (χ1v) is 6.66. The van der Waals surface area contributed by atoms with Gasteiger partial charge in [-0.3, -0.25) is 0 Å². The van der Waals surface area contributed by atoms with E-state index in [0.717, 1.165) is 29.7 Å².